The van der Waals surface area contributed by atoms with Gasteiger partial charge in [-0.25, -0.2) is 13.1 Å². The molecule has 0 aromatic rings. The Bertz CT molecular complexity index is 321. The van der Waals surface area contributed by atoms with E-state index >= 15 is 0 Å². The second-order valence-corrected chi connectivity index (χ2v) is 6.09. The molecule has 0 spiro atoms. The molecular weight excluding hydrogens is 218 g/mol. The van der Waals surface area contributed by atoms with Gasteiger partial charge >= 0.3 is 5.97 Å². The van der Waals surface area contributed by atoms with Crippen LogP contribution in [0.2, 0.25) is 0 Å². The topological polar surface area (TPSA) is 83.5 Å². The Kier molecular flexibility index (Phi) is 4.10. The monoisotopic (exact) mass is 235 g/mol. The summed E-state index contributed by atoms with van der Waals surface area (Å²) in [5, 5.41) is 7.18. The van der Waals surface area contributed by atoms with Crippen molar-refractivity contribution in [2.24, 2.45) is 5.92 Å². The van der Waals surface area contributed by atoms with Gasteiger partial charge in [0.2, 0.25) is 10.0 Å². The van der Waals surface area contributed by atoms with Crippen LogP contribution in [0.15, 0.2) is 0 Å². The molecule has 5 nitrogen and oxygen atoms in total. The SMILES string of the molecule is CC(C(=O)O)S(=O)(=O)NCCCC1CC1. The van der Waals surface area contributed by atoms with Crippen molar-refractivity contribution in [3.63, 3.8) is 0 Å². The quantitative estimate of drug-likeness (QED) is 0.632. The molecule has 0 aliphatic heterocycles. The number of hydrogen-bond acceptors (Lipinski definition) is 3. The van der Waals surface area contributed by atoms with Crippen LogP contribution in [0.1, 0.15) is 32.6 Å². The summed E-state index contributed by atoms with van der Waals surface area (Å²) in [5.74, 6) is -0.545. The molecule has 1 aliphatic rings. The van der Waals surface area contributed by atoms with Crippen molar-refractivity contribution in [2.45, 2.75) is 37.9 Å². The lowest BCUT2D eigenvalue weighted by Gasteiger charge is -2.09. The van der Waals surface area contributed by atoms with Crippen LogP contribution in [-0.2, 0) is 14.8 Å². The minimum absolute atomic E-state index is 0.344. The molecule has 0 aromatic heterocycles. The lowest BCUT2D eigenvalue weighted by Crippen LogP contribution is -2.37. The van der Waals surface area contributed by atoms with E-state index in [0.29, 0.717) is 6.54 Å². The summed E-state index contributed by atoms with van der Waals surface area (Å²) >= 11 is 0. The van der Waals surface area contributed by atoms with Crippen LogP contribution >= 0.6 is 0 Å². The first-order valence-corrected chi connectivity index (χ1v) is 6.69. The van der Waals surface area contributed by atoms with Crippen LogP contribution in [0, 0.1) is 5.92 Å². The number of carboxylic acids is 1. The zero-order chi connectivity index (χ0) is 11.5. The minimum atomic E-state index is -3.69. The van der Waals surface area contributed by atoms with Gasteiger partial charge < -0.3 is 5.11 Å². The molecule has 1 atom stereocenters. The maximum atomic E-state index is 11.3. The average Bonchev–Trinajstić information content (AvgIpc) is 2.94. The summed E-state index contributed by atoms with van der Waals surface area (Å²) in [7, 11) is -3.69. The van der Waals surface area contributed by atoms with E-state index in [1.807, 2.05) is 0 Å². The molecular formula is C9H17NO4S. The average molecular weight is 235 g/mol. The van der Waals surface area contributed by atoms with Gasteiger partial charge in [0.15, 0.2) is 5.25 Å². The molecule has 0 radical (unpaired) electrons. The lowest BCUT2D eigenvalue weighted by atomic mass is 10.2. The van der Waals surface area contributed by atoms with E-state index in [9.17, 15) is 13.2 Å². The Morgan fingerprint density at radius 3 is 2.60 bits per heavy atom. The highest BCUT2D eigenvalue weighted by Crippen LogP contribution is 2.33. The van der Waals surface area contributed by atoms with Gasteiger partial charge in [-0.05, 0) is 25.7 Å². The van der Waals surface area contributed by atoms with Crippen molar-refractivity contribution in [2.75, 3.05) is 6.54 Å². The van der Waals surface area contributed by atoms with Crippen molar-refractivity contribution in [1.29, 1.82) is 0 Å². The smallest absolute Gasteiger partial charge is 0.323 e. The number of hydrogen-bond donors (Lipinski definition) is 2. The van der Waals surface area contributed by atoms with Crippen LogP contribution in [0.25, 0.3) is 0 Å². The van der Waals surface area contributed by atoms with Gasteiger partial charge in [-0.2, -0.15) is 0 Å². The third-order valence-electron chi connectivity index (χ3n) is 2.60. The molecule has 0 amide bonds. The van der Waals surface area contributed by atoms with Gasteiger partial charge in [0.1, 0.15) is 0 Å². The molecule has 1 fully saturated rings. The predicted octanol–water partition coefficient (Wildman–Crippen LogP) is 0.569. The molecule has 0 bridgehead atoms. The number of rotatable bonds is 7. The number of sulfonamides is 1. The lowest BCUT2D eigenvalue weighted by molar-refractivity contribution is -0.136. The van der Waals surface area contributed by atoms with Crippen molar-refractivity contribution < 1.29 is 18.3 Å². The van der Waals surface area contributed by atoms with Crippen LogP contribution in [0.4, 0.5) is 0 Å². The molecule has 2 N–H and O–H groups in total. The number of aliphatic carboxylic acids is 1. The van der Waals surface area contributed by atoms with E-state index < -0.39 is 21.2 Å². The Morgan fingerprint density at radius 2 is 2.13 bits per heavy atom. The Labute approximate surface area is 89.9 Å². The van der Waals surface area contributed by atoms with Crippen molar-refractivity contribution in [1.82, 2.24) is 4.72 Å². The molecule has 0 heterocycles. The van der Waals surface area contributed by atoms with Crippen molar-refractivity contribution in [3.05, 3.63) is 0 Å². The van der Waals surface area contributed by atoms with E-state index in [-0.39, 0.29) is 0 Å². The minimum Gasteiger partial charge on any atom is -0.480 e. The van der Waals surface area contributed by atoms with Gasteiger partial charge in [-0.3, -0.25) is 4.79 Å². The molecule has 6 heteroatoms. The van der Waals surface area contributed by atoms with Gasteiger partial charge in [-0.15, -0.1) is 0 Å². The summed E-state index contributed by atoms with van der Waals surface area (Å²) in [6, 6.07) is 0. The maximum absolute atomic E-state index is 11.3. The molecule has 1 aliphatic carbocycles. The predicted molar refractivity (Wildman–Crippen MR) is 56.0 cm³/mol. The summed E-state index contributed by atoms with van der Waals surface area (Å²) in [5.41, 5.74) is 0. The molecule has 1 unspecified atom stereocenters. The van der Waals surface area contributed by atoms with Gasteiger partial charge in [-0.1, -0.05) is 12.8 Å². The number of nitrogens with one attached hydrogen (secondary N) is 1. The maximum Gasteiger partial charge on any atom is 0.323 e. The number of carboxylic acid groups (broad SMARTS) is 1. The van der Waals surface area contributed by atoms with Crippen LogP contribution < -0.4 is 4.72 Å². The third-order valence-corrected chi connectivity index (χ3v) is 4.34. The fourth-order valence-electron chi connectivity index (χ4n) is 1.27. The third kappa shape index (κ3) is 4.17. The molecule has 0 aromatic carbocycles. The second kappa shape index (κ2) is 4.94. The molecule has 1 saturated carbocycles. The second-order valence-electron chi connectivity index (χ2n) is 4.01. The Hall–Kier alpha value is -0.620. The van der Waals surface area contributed by atoms with E-state index in [1.54, 1.807) is 0 Å². The Morgan fingerprint density at radius 1 is 1.53 bits per heavy atom. The first-order valence-electron chi connectivity index (χ1n) is 5.15. The summed E-state index contributed by atoms with van der Waals surface area (Å²) in [4.78, 5) is 10.5. The first-order chi connectivity index (χ1) is 6.93. The van der Waals surface area contributed by atoms with Crippen LogP contribution in [0.3, 0.4) is 0 Å². The van der Waals surface area contributed by atoms with Gasteiger partial charge in [0.25, 0.3) is 0 Å². The van der Waals surface area contributed by atoms with Crippen molar-refractivity contribution >= 4 is 16.0 Å². The summed E-state index contributed by atoms with van der Waals surface area (Å²) in [6.07, 6.45) is 4.32. The van der Waals surface area contributed by atoms with Gasteiger partial charge in [0, 0.05) is 6.54 Å². The van der Waals surface area contributed by atoms with E-state index in [2.05, 4.69) is 4.72 Å². The van der Waals surface area contributed by atoms with E-state index in [4.69, 9.17) is 5.11 Å². The Balaban J connectivity index is 2.25. The standard InChI is InChI=1S/C9H17NO4S/c1-7(9(11)12)15(13,14)10-6-2-3-8-4-5-8/h7-8,10H,2-6H2,1H3,(H,11,12). The van der Waals surface area contributed by atoms with E-state index in [0.717, 1.165) is 18.8 Å². The van der Waals surface area contributed by atoms with E-state index in [1.165, 1.54) is 19.8 Å². The highest BCUT2D eigenvalue weighted by molar-refractivity contribution is 7.90. The van der Waals surface area contributed by atoms with Crippen LogP contribution in [0.5, 0.6) is 0 Å². The largest absolute Gasteiger partial charge is 0.480 e. The molecule has 15 heavy (non-hydrogen) atoms. The first kappa shape index (κ1) is 12.4. The van der Waals surface area contributed by atoms with Crippen LogP contribution in [-0.4, -0.2) is 31.3 Å². The summed E-state index contributed by atoms with van der Waals surface area (Å²) in [6.45, 7) is 1.52. The fourth-order valence-corrected chi connectivity index (χ4v) is 2.21. The fraction of sp³-hybridized carbons (Fsp3) is 0.889. The van der Waals surface area contributed by atoms with Gasteiger partial charge in [0.05, 0.1) is 0 Å². The zero-order valence-electron chi connectivity index (χ0n) is 8.77. The van der Waals surface area contributed by atoms with Crippen molar-refractivity contribution in [3.8, 4) is 0 Å². The molecule has 1 rings (SSSR count). The molecule has 0 saturated heterocycles. The summed E-state index contributed by atoms with van der Waals surface area (Å²) < 4.78 is 25.0. The zero-order valence-corrected chi connectivity index (χ0v) is 9.59. The highest BCUT2D eigenvalue weighted by Gasteiger charge is 2.27. The number of carbonyl (C=O) groups is 1. The highest BCUT2D eigenvalue weighted by atomic mass is 32.2. The normalized spacial score (nSPS) is 18.7. The molecule has 88 valence electrons.